The molecule has 7 nitrogen and oxygen atoms in total. The first-order valence-corrected chi connectivity index (χ1v) is 9.32. The minimum absolute atomic E-state index is 0.00527. The Kier molecular flexibility index (Phi) is 6.77. The summed E-state index contributed by atoms with van der Waals surface area (Å²) in [6, 6.07) is 19.7. The second-order valence-electron chi connectivity index (χ2n) is 6.35. The molecular formula is C22H17ClN2O5. The van der Waals surface area contributed by atoms with Gasteiger partial charge in [-0.2, -0.15) is 0 Å². The summed E-state index contributed by atoms with van der Waals surface area (Å²) in [4.78, 5) is 34.0. The van der Waals surface area contributed by atoms with Gasteiger partial charge in [-0.25, -0.2) is 0 Å². The number of nitro benzene ring substituents is 1. The molecule has 30 heavy (non-hydrogen) atoms. The highest BCUT2D eigenvalue weighted by atomic mass is 35.5. The number of hydrogen-bond acceptors (Lipinski definition) is 5. The quantitative estimate of drug-likeness (QED) is 0.329. The van der Waals surface area contributed by atoms with Gasteiger partial charge in [0.05, 0.1) is 16.5 Å². The Morgan fingerprint density at radius 1 is 1.07 bits per heavy atom. The Hall–Kier alpha value is -3.71. The Morgan fingerprint density at radius 3 is 2.37 bits per heavy atom. The molecule has 0 aliphatic carbocycles. The van der Waals surface area contributed by atoms with Crippen molar-refractivity contribution in [2.75, 3.05) is 6.61 Å². The van der Waals surface area contributed by atoms with Crippen LogP contribution >= 0.6 is 11.6 Å². The van der Waals surface area contributed by atoms with Gasteiger partial charge in [0.25, 0.3) is 11.6 Å². The van der Waals surface area contributed by atoms with Crippen LogP contribution in [0.4, 0.5) is 5.69 Å². The van der Waals surface area contributed by atoms with Crippen LogP contribution in [0, 0.1) is 10.1 Å². The average Bonchev–Trinajstić information content (AvgIpc) is 2.77. The molecule has 0 bridgehead atoms. The fraction of sp³-hybridized carbons (Fsp3) is 0.0909. The SMILES string of the molecule is O=Cc1cc([N+](=O)[O-])ccc1OCC(=O)NC(c1ccccc1)c1ccc(Cl)cc1. The molecule has 0 fully saturated rings. The molecule has 0 heterocycles. The third-order valence-electron chi connectivity index (χ3n) is 4.33. The summed E-state index contributed by atoms with van der Waals surface area (Å²) >= 11 is 5.97. The van der Waals surface area contributed by atoms with Crippen LogP contribution in [-0.4, -0.2) is 23.7 Å². The number of benzene rings is 3. The topological polar surface area (TPSA) is 98.5 Å². The number of aldehydes is 1. The Bertz CT molecular complexity index is 1050. The van der Waals surface area contributed by atoms with E-state index in [0.29, 0.717) is 11.3 Å². The third kappa shape index (κ3) is 5.21. The minimum Gasteiger partial charge on any atom is -0.483 e. The fourth-order valence-corrected chi connectivity index (χ4v) is 3.00. The van der Waals surface area contributed by atoms with Crippen LogP contribution < -0.4 is 10.1 Å². The number of nitrogens with zero attached hydrogens (tertiary/aromatic N) is 1. The van der Waals surface area contributed by atoms with Crippen LogP contribution in [0.25, 0.3) is 0 Å². The number of carbonyl (C=O) groups excluding carboxylic acids is 2. The van der Waals surface area contributed by atoms with Gasteiger partial charge in [-0.3, -0.25) is 19.7 Å². The maximum atomic E-state index is 12.6. The van der Waals surface area contributed by atoms with Crippen molar-refractivity contribution < 1.29 is 19.2 Å². The fourth-order valence-electron chi connectivity index (χ4n) is 2.88. The average molecular weight is 425 g/mol. The second-order valence-corrected chi connectivity index (χ2v) is 6.78. The van der Waals surface area contributed by atoms with Gasteiger partial charge in [0.2, 0.25) is 0 Å². The van der Waals surface area contributed by atoms with Crippen molar-refractivity contribution in [1.82, 2.24) is 5.32 Å². The smallest absolute Gasteiger partial charge is 0.270 e. The van der Waals surface area contributed by atoms with Crippen LogP contribution in [0.3, 0.4) is 0 Å². The standard InChI is InChI=1S/C22H17ClN2O5/c23-18-8-6-16(7-9-18)22(15-4-2-1-3-5-15)24-21(27)14-30-20-11-10-19(25(28)29)12-17(20)13-26/h1-13,22H,14H2,(H,24,27). The first-order chi connectivity index (χ1) is 14.5. The van der Waals surface area contributed by atoms with Crippen LogP contribution in [0.15, 0.2) is 72.8 Å². The maximum absolute atomic E-state index is 12.6. The molecule has 1 atom stereocenters. The number of hydrogen-bond donors (Lipinski definition) is 1. The van der Waals surface area contributed by atoms with Gasteiger partial charge in [-0.05, 0) is 29.3 Å². The Morgan fingerprint density at radius 2 is 1.73 bits per heavy atom. The van der Waals surface area contributed by atoms with Gasteiger partial charge < -0.3 is 10.1 Å². The first kappa shape index (κ1) is 21.0. The van der Waals surface area contributed by atoms with Crippen LogP contribution in [-0.2, 0) is 4.79 Å². The molecule has 0 saturated heterocycles. The highest BCUT2D eigenvalue weighted by Gasteiger charge is 2.18. The molecular weight excluding hydrogens is 408 g/mol. The number of rotatable bonds is 8. The molecule has 1 amide bonds. The molecule has 3 aromatic rings. The molecule has 1 N–H and O–H groups in total. The highest BCUT2D eigenvalue weighted by molar-refractivity contribution is 6.30. The lowest BCUT2D eigenvalue weighted by atomic mass is 9.99. The van der Waals surface area contributed by atoms with Crippen LogP contribution in [0.1, 0.15) is 27.5 Å². The molecule has 0 saturated carbocycles. The molecule has 0 aliphatic heterocycles. The van der Waals surface area contributed by atoms with Crippen molar-refractivity contribution in [2.45, 2.75) is 6.04 Å². The number of non-ortho nitro benzene ring substituents is 1. The molecule has 152 valence electrons. The van der Waals surface area contributed by atoms with E-state index in [1.807, 2.05) is 42.5 Å². The number of amides is 1. The van der Waals surface area contributed by atoms with E-state index in [-0.39, 0.29) is 23.6 Å². The van der Waals surface area contributed by atoms with Crippen molar-refractivity contribution in [1.29, 1.82) is 0 Å². The molecule has 0 spiro atoms. The lowest BCUT2D eigenvalue weighted by Crippen LogP contribution is -2.33. The number of carbonyl (C=O) groups is 2. The summed E-state index contributed by atoms with van der Waals surface area (Å²) in [7, 11) is 0. The predicted molar refractivity (Wildman–Crippen MR) is 112 cm³/mol. The predicted octanol–water partition coefficient (Wildman–Crippen LogP) is 4.35. The number of halogens is 1. The van der Waals surface area contributed by atoms with E-state index >= 15 is 0 Å². The summed E-state index contributed by atoms with van der Waals surface area (Å²) < 4.78 is 5.43. The normalized spacial score (nSPS) is 11.4. The van der Waals surface area contributed by atoms with Crippen LogP contribution in [0.2, 0.25) is 5.02 Å². The summed E-state index contributed by atoms with van der Waals surface area (Å²) in [6.07, 6.45) is 0.445. The Balaban J connectivity index is 1.74. The summed E-state index contributed by atoms with van der Waals surface area (Å²) in [5.74, 6) is -0.331. The maximum Gasteiger partial charge on any atom is 0.270 e. The van der Waals surface area contributed by atoms with E-state index < -0.39 is 16.9 Å². The van der Waals surface area contributed by atoms with Gasteiger partial charge in [0.15, 0.2) is 12.9 Å². The molecule has 0 radical (unpaired) electrons. The summed E-state index contributed by atoms with van der Waals surface area (Å²) in [5, 5.41) is 14.3. The first-order valence-electron chi connectivity index (χ1n) is 8.94. The lowest BCUT2D eigenvalue weighted by Gasteiger charge is -2.20. The lowest BCUT2D eigenvalue weighted by molar-refractivity contribution is -0.384. The summed E-state index contributed by atoms with van der Waals surface area (Å²) in [6.45, 7) is -0.366. The van der Waals surface area contributed by atoms with Gasteiger partial charge in [0.1, 0.15) is 5.75 Å². The minimum atomic E-state index is -0.611. The molecule has 3 rings (SSSR count). The van der Waals surface area contributed by atoms with E-state index in [0.717, 1.165) is 17.2 Å². The van der Waals surface area contributed by atoms with Gasteiger partial charge in [-0.15, -0.1) is 0 Å². The van der Waals surface area contributed by atoms with E-state index in [9.17, 15) is 19.7 Å². The van der Waals surface area contributed by atoms with Crippen molar-refractivity contribution in [3.8, 4) is 5.75 Å². The number of nitrogens with one attached hydrogen (secondary N) is 1. The highest BCUT2D eigenvalue weighted by Crippen LogP contribution is 2.25. The zero-order valence-corrected chi connectivity index (χ0v) is 16.4. The van der Waals surface area contributed by atoms with E-state index in [1.165, 1.54) is 12.1 Å². The molecule has 8 heteroatoms. The molecule has 0 aliphatic rings. The monoisotopic (exact) mass is 424 g/mol. The van der Waals surface area contributed by atoms with E-state index in [1.54, 1.807) is 12.1 Å². The van der Waals surface area contributed by atoms with Crippen molar-refractivity contribution in [3.63, 3.8) is 0 Å². The largest absolute Gasteiger partial charge is 0.483 e. The van der Waals surface area contributed by atoms with E-state index in [2.05, 4.69) is 5.32 Å². The molecule has 3 aromatic carbocycles. The third-order valence-corrected chi connectivity index (χ3v) is 4.58. The van der Waals surface area contributed by atoms with Crippen molar-refractivity contribution >= 4 is 29.5 Å². The zero-order valence-electron chi connectivity index (χ0n) is 15.7. The number of nitro groups is 1. The van der Waals surface area contributed by atoms with Gasteiger partial charge >= 0.3 is 0 Å². The van der Waals surface area contributed by atoms with Crippen molar-refractivity contribution in [2.24, 2.45) is 0 Å². The zero-order chi connectivity index (χ0) is 21.5. The van der Waals surface area contributed by atoms with Gasteiger partial charge in [0, 0.05) is 17.2 Å². The second kappa shape index (κ2) is 9.67. The summed E-state index contributed by atoms with van der Waals surface area (Å²) in [5.41, 5.74) is 1.47. The molecule has 0 aromatic heterocycles. The van der Waals surface area contributed by atoms with Crippen LogP contribution in [0.5, 0.6) is 5.75 Å². The van der Waals surface area contributed by atoms with Gasteiger partial charge in [-0.1, -0.05) is 54.1 Å². The number of ether oxygens (including phenoxy) is 1. The van der Waals surface area contributed by atoms with E-state index in [4.69, 9.17) is 16.3 Å². The molecule has 1 unspecified atom stereocenters. The Labute approximate surface area is 177 Å². The van der Waals surface area contributed by atoms with Crippen molar-refractivity contribution in [3.05, 3.63) is 105 Å².